The number of carbonyl (C=O) groups is 1. The van der Waals surface area contributed by atoms with Crippen molar-refractivity contribution in [2.45, 2.75) is 45.1 Å². The smallest absolute Gasteiger partial charge is 0.228 e. The molecule has 0 spiro atoms. The van der Waals surface area contributed by atoms with Crippen molar-refractivity contribution in [1.82, 2.24) is 10.1 Å². The third-order valence-electron chi connectivity index (χ3n) is 4.68. The molecule has 0 bridgehead atoms. The Kier molecular flexibility index (Phi) is 5.18. The van der Waals surface area contributed by atoms with E-state index in [9.17, 15) is 4.79 Å². The fraction of sp³-hybridized carbons (Fsp3) is 0.474. The molecule has 0 saturated carbocycles. The number of piperidine rings is 1. The zero-order chi connectivity index (χ0) is 16.9. The Morgan fingerprint density at radius 1 is 1.33 bits per heavy atom. The van der Waals surface area contributed by atoms with Gasteiger partial charge in [-0.2, -0.15) is 0 Å². The van der Waals surface area contributed by atoms with Gasteiger partial charge in [0.05, 0.1) is 19.2 Å². The Labute approximate surface area is 142 Å². The minimum absolute atomic E-state index is 0.149. The van der Waals surface area contributed by atoms with Crippen molar-refractivity contribution in [3.8, 4) is 17.1 Å². The van der Waals surface area contributed by atoms with Crippen LogP contribution in [0.15, 0.2) is 34.9 Å². The van der Waals surface area contributed by atoms with E-state index < -0.39 is 0 Å². The summed E-state index contributed by atoms with van der Waals surface area (Å²) in [7, 11) is 1.64. The molecule has 5 nitrogen and oxygen atoms in total. The highest BCUT2D eigenvalue weighted by molar-refractivity contribution is 5.79. The van der Waals surface area contributed by atoms with Crippen LogP contribution in [0.4, 0.5) is 0 Å². The lowest BCUT2D eigenvalue weighted by atomic mass is 9.99. The van der Waals surface area contributed by atoms with E-state index >= 15 is 0 Å². The van der Waals surface area contributed by atoms with Crippen LogP contribution in [-0.4, -0.2) is 35.7 Å². The first kappa shape index (κ1) is 16.6. The molecule has 1 atom stereocenters. The number of aromatic nitrogens is 1. The summed E-state index contributed by atoms with van der Waals surface area (Å²) in [5, 5.41) is 4.07. The minimum Gasteiger partial charge on any atom is -0.497 e. The van der Waals surface area contributed by atoms with Crippen LogP contribution in [0.5, 0.6) is 5.75 Å². The highest BCUT2D eigenvalue weighted by Crippen LogP contribution is 2.24. The third kappa shape index (κ3) is 3.61. The Bertz CT molecular complexity index is 678. The first-order chi connectivity index (χ1) is 11.7. The topological polar surface area (TPSA) is 55.6 Å². The van der Waals surface area contributed by atoms with E-state index in [0.717, 1.165) is 37.1 Å². The lowest BCUT2D eigenvalue weighted by Gasteiger charge is -2.35. The fourth-order valence-corrected chi connectivity index (χ4v) is 3.30. The van der Waals surface area contributed by atoms with Crippen LogP contribution in [0, 0.1) is 0 Å². The quantitative estimate of drug-likeness (QED) is 0.840. The van der Waals surface area contributed by atoms with E-state index in [1.165, 1.54) is 6.42 Å². The molecule has 2 aromatic rings. The molecule has 1 fully saturated rings. The maximum absolute atomic E-state index is 12.6. The Balaban J connectivity index is 1.67. The van der Waals surface area contributed by atoms with Crippen molar-refractivity contribution >= 4 is 5.91 Å². The van der Waals surface area contributed by atoms with Crippen molar-refractivity contribution < 1.29 is 14.1 Å². The van der Waals surface area contributed by atoms with Gasteiger partial charge in [-0.15, -0.1) is 0 Å². The van der Waals surface area contributed by atoms with Gasteiger partial charge in [0.15, 0.2) is 5.76 Å². The van der Waals surface area contributed by atoms with Gasteiger partial charge < -0.3 is 14.2 Å². The van der Waals surface area contributed by atoms with Crippen LogP contribution >= 0.6 is 0 Å². The van der Waals surface area contributed by atoms with Gasteiger partial charge in [0, 0.05) is 24.2 Å². The lowest BCUT2D eigenvalue weighted by molar-refractivity contribution is -0.134. The van der Waals surface area contributed by atoms with Crippen molar-refractivity contribution in [2.24, 2.45) is 0 Å². The fourth-order valence-electron chi connectivity index (χ4n) is 3.30. The van der Waals surface area contributed by atoms with Crippen molar-refractivity contribution in [3.63, 3.8) is 0 Å². The highest BCUT2D eigenvalue weighted by Gasteiger charge is 2.26. The predicted molar refractivity (Wildman–Crippen MR) is 91.8 cm³/mol. The number of hydrogen-bond acceptors (Lipinski definition) is 4. The summed E-state index contributed by atoms with van der Waals surface area (Å²) >= 11 is 0. The van der Waals surface area contributed by atoms with Crippen LogP contribution in [0.25, 0.3) is 11.3 Å². The molecule has 1 amide bonds. The van der Waals surface area contributed by atoms with Crippen LogP contribution in [0.3, 0.4) is 0 Å². The van der Waals surface area contributed by atoms with Gasteiger partial charge >= 0.3 is 0 Å². The number of methoxy groups -OCH3 is 1. The van der Waals surface area contributed by atoms with Crippen molar-refractivity contribution in [1.29, 1.82) is 0 Å². The van der Waals surface area contributed by atoms with E-state index in [2.05, 4.69) is 12.1 Å². The minimum atomic E-state index is 0.149. The Hall–Kier alpha value is -2.30. The van der Waals surface area contributed by atoms with Crippen molar-refractivity contribution in [2.75, 3.05) is 13.7 Å². The van der Waals surface area contributed by atoms with Crippen LogP contribution in [-0.2, 0) is 11.2 Å². The molecule has 1 saturated heterocycles. The monoisotopic (exact) mass is 328 g/mol. The molecule has 128 valence electrons. The summed E-state index contributed by atoms with van der Waals surface area (Å²) in [5.41, 5.74) is 1.61. The van der Waals surface area contributed by atoms with Gasteiger partial charge in [0.25, 0.3) is 0 Å². The molecule has 2 heterocycles. The first-order valence-electron chi connectivity index (χ1n) is 8.60. The molecule has 0 radical (unpaired) electrons. The van der Waals surface area contributed by atoms with Gasteiger partial charge in [-0.1, -0.05) is 12.1 Å². The molecule has 3 rings (SSSR count). The number of hydrogen-bond donors (Lipinski definition) is 0. The maximum Gasteiger partial charge on any atom is 0.228 e. The third-order valence-corrected chi connectivity index (χ3v) is 4.68. The number of amides is 1. The Morgan fingerprint density at radius 3 is 2.83 bits per heavy atom. The van der Waals surface area contributed by atoms with Crippen LogP contribution in [0.2, 0.25) is 0 Å². The second-order valence-electron chi connectivity index (χ2n) is 6.23. The second kappa shape index (κ2) is 7.51. The van der Waals surface area contributed by atoms with E-state index in [1.807, 2.05) is 35.2 Å². The number of ether oxygens (including phenoxy) is 1. The molecule has 1 aromatic heterocycles. The van der Waals surface area contributed by atoms with E-state index in [0.29, 0.717) is 23.9 Å². The summed E-state index contributed by atoms with van der Waals surface area (Å²) in [6.45, 7) is 3.01. The van der Waals surface area contributed by atoms with Gasteiger partial charge in [-0.05, 0) is 49.9 Å². The summed E-state index contributed by atoms with van der Waals surface area (Å²) in [5.74, 6) is 1.62. The largest absolute Gasteiger partial charge is 0.497 e. The molecule has 1 aliphatic rings. The standard InChI is InChI=1S/C19H24N2O3/c1-3-16-6-4-5-11-21(16)19(22)13-15-12-18(24-20-15)14-7-9-17(23-2)10-8-14/h7-10,12,16H,3-6,11,13H2,1-2H3. The van der Waals surface area contributed by atoms with Gasteiger partial charge in [0.2, 0.25) is 5.91 Å². The SMILES string of the molecule is CCC1CCCCN1C(=O)Cc1cc(-c2ccc(OC)cc2)on1. The summed E-state index contributed by atoms with van der Waals surface area (Å²) < 4.78 is 10.6. The number of nitrogens with zero attached hydrogens (tertiary/aromatic N) is 2. The molecular formula is C19H24N2O3. The number of benzene rings is 1. The normalized spacial score (nSPS) is 17.8. The van der Waals surface area contributed by atoms with Gasteiger partial charge in [0.1, 0.15) is 5.75 Å². The number of likely N-dealkylation sites (tertiary alicyclic amines) is 1. The Morgan fingerprint density at radius 2 is 2.12 bits per heavy atom. The predicted octanol–water partition coefficient (Wildman–Crippen LogP) is 3.68. The highest BCUT2D eigenvalue weighted by atomic mass is 16.5. The summed E-state index contributed by atoms with van der Waals surface area (Å²) in [6, 6.07) is 9.82. The molecule has 5 heteroatoms. The van der Waals surface area contributed by atoms with E-state index in [1.54, 1.807) is 7.11 Å². The van der Waals surface area contributed by atoms with Crippen LogP contribution < -0.4 is 4.74 Å². The summed E-state index contributed by atoms with van der Waals surface area (Å²) in [4.78, 5) is 14.6. The average molecular weight is 328 g/mol. The molecule has 24 heavy (non-hydrogen) atoms. The molecule has 0 aliphatic carbocycles. The molecule has 1 aliphatic heterocycles. The number of rotatable bonds is 5. The zero-order valence-electron chi connectivity index (χ0n) is 14.3. The summed E-state index contributed by atoms with van der Waals surface area (Å²) in [6.07, 6.45) is 4.74. The average Bonchev–Trinajstić information content (AvgIpc) is 3.10. The molecular weight excluding hydrogens is 304 g/mol. The van der Waals surface area contributed by atoms with E-state index in [4.69, 9.17) is 9.26 Å². The zero-order valence-corrected chi connectivity index (χ0v) is 14.3. The molecule has 0 N–H and O–H groups in total. The van der Waals surface area contributed by atoms with Gasteiger partial charge in [-0.3, -0.25) is 4.79 Å². The van der Waals surface area contributed by atoms with Crippen LogP contribution in [0.1, 0.15) is 38.3 Å². The second-order valence-corrected chi connectivity index (χ2v) is 6.23. The number of carbonyl (C=O) groups excluding carboxylic acids is 1. The maximum atomic E-state index is 12.6. The molecule has 1 unspecified atom stereocenters. The van der Waals surface area contributed by atoms with Crippen molar-refractivity contribution in [3.05, 3.63) is 36.0 Å². The van der Waals surface area contributed by atoms with Gasteiger partial charge in [-0.25, -0.2) is 0 Å². The van der Waals surface area contributed by atoms with E-state index in [-0.39, 0.29) is 5.91 Å². The lowest BCUT2D eigenvalue weighted by Crippen LogP contribution is -2.44. The first-order valence-corrected chi connectivity index (χ1v) is 8.60. The molecule has 1 aromatic carbocycles.